The van der Waals surface area contributed by atoms with Crippen molar-refractivity contribution in [3.05, 3.63) is 29.7 Å². The summed E-state index contributed by atoms with van der Waals surface area (Å²) in [6, 6.07) is 4.00. The smallest absolute Gasteiger partial charge is 0.246 e. The van der Waals surface area contributed by atoms with Gasteiger partial charge in [0.1, 0.15) is 11.5 Å². The summed E-state index contributed by atoms with van der Waals surface area (Å²) in [5.41, 5.74) is 0. The van der Waals surface area contributed by atoms with Gasteiger partial charge in [-0.2, -0.15) is 0 Å². The van der Waals surface area contributed by atoms with Crippen molar-refractivity contribution in [2.75, 3.05) is 13.1 Å². The Bertz CT molecular complexity index is 483. The van der Waals surface area contributed by atoms with Crippen molar-refractivity contribution in [1.29, 1.82) is 0 Å². The molecule has 1 aliphatic carbocycles. The van der Waals surface area contributed by atoms with Gasteiger partial charge in [-0.15, -0.1) is 0 Å². The fraction of sp³-hybridized carbons (Fsp3) is 0.562. The number of hydrogen-bond acceptors (Lipinski definition) is 2. The number of carbonyl (C=O) groups excluding carboxylic acids is 1. The Balaban J connectivity index is 1.59. The molecule has 1 aromatic heterocycles. The molecule has 2 heterocycles. The van der Waals surface area contributed by atoms with Crippen LogP contribution in [-0.4, -0.2) is 23.9 Å². The van der Waals surface area contributed by atoms with Gasteiger partial charge < -0.3 is 9.32 Å². The average molecular weight is 259 g/mol. The maximum absolute atomic E-state index is 12.0. The molecular weight excluding hydrogens is 238 g/mol. The molecule has 1 saturated carbocycles. The van der Waals surface area contributed by atoms with Gasteiger partial charge in [-0.3, -0.25) is 4.79 Å². The monoisotopic (exact) mass is 259 g/mol. The number of rotatable bonds is 3. The lowest BCUT2D eigenvalue weighted by Gasteiger charge is -2.25. The first-order chi connectivity index (χ1) is 9.24. The highest BCUT2D eigenvalue weighted by Gasteiger charge is 2.36. The van der Waals surface area contributed by atoms with Gasteiger partial charge in [0.15, 0.2) is 0 Å². The molecule has 3 rings (SSSR count). The van der Waals surface area contributed by atoms with E-state index in [1.165, 1.54) is 12.8 Å². The van der Waals surface area contributed by atoms with E-state index in [0.29, 0.717) is 5.92 Å². The minimum Gasteiger partial charge on any atom is -0.461 e. The zero-order valence-electron chi connectivity index (χ0n) is 11.5. The summed E-state index contributed by atoms with van der Waals surface area (Å²) in [7, 11) is 0. The number of nitrogens with zero attached hydrogens (tertiary/aromatic N) is 1. The Kier molecular flexibility index (Phi) is 3.45. The number of piperidine rings is 1. The summed E-state index contributed by atoms with van der Waals surface area (Å²) < 4.78 is 5.76. The van der Waals surface area contributed by atoms with Gasteiger partial charge in [0.25, 0.3) is 0 Å². The molecule has 3 heteroatoms. The molecule has 1 amide bonds. The SMILES string of the molecule is CC1CC1c1ccc(/C=C/C(=O)N2CCCCC2)o1. The van der Waals surface area contributed by atoms with Crippen LogP contribution >= 0.6 is 0 Å². The third-order valence-electron chi connectivity index (χ3n) is 4.18. The summed E-state index contributed by atoms with van der Waals surface area (Å²) in [5.74, 6) is 3.31. The lowest BCUT2D eigenvalue weighted by molar-refractivity contribution is -0.126. The predicted molar refractivity (Wildman–Crippen MR) is 74.7 cm³/mol. The molecular formula is C16H21NO2. The molecule has 2 fully saturated rings. The van der Waals surface area contributed by atoms with E-state index in [2.05, 4.69) is 6.92 Å². The van der Waals surface area contributed by atoms with Crippen LogP contribution in [0.2, 0.25) is 0 Å². The van der Waals surface area contributed by atoms with E-state index < -0.39 is 0 Å². The molecule has 3 nitrogen and oxygen atoms in total. The zero-order chi connectivity index (χ0) is 13.2. The lowest BCUT2D eigenvalue weighted by atomic mass is 10.1. The predicted octanol–water partition coefficient (Wildman–Crippen LogP) is 3.43. The second-order valence-electron chi connectivity index (χ2n) is 5.78. The van der Waals surface area contributed by atoms with Crippen LogP contribution in [0, 0.1) is 5.92 Å². The highest BCUT2D eigenvalue weighted by Crippen LogP contribution is 2.47. The van der Waals surface area contributed by atoms with Crippen molar-refractivity contribution >= 4 is 12.0 Å². The molecule has 19 heavy (non-hydrogen) atoms. The van der Waals surface area contributed by atoms with Crippen LogP contribution in [0.3, 0.4) is 0 Å². The van der Waals surface area contributed by atoms with Crippen molar-refractivity contribution in [1.82, 2.24) is 4.90 Å². The lowest BCUT2D eigenvalue weighted by Crippen LogP contribution is -2.34. The van der Waals surface area contributed by atoms with E-state index in [9.17, 15) is 4.79 Å². The summed E-state index contributed by atoms with van der Waals surface area (Å²) in [6.45, 7) is 4.03. The Morgan fingerprint density at radius 2 is 2.05 bits per heavy atom. The minimum atomic E-state index is 0.109. The fourth-order valence-electron chi connectivity index (χ4n) is 2.75. The first-order valence-corrected chi connectivity index (χ1v) is 7.31. The first kappa shape index (κ1) is 12.5. The molecule has 0 N–H and O–H groups in total. The molecule has 1 aromatic rings. The van der Waals surface area contributed by atoms with Gasteiger partial charge in [-0.25, -0.2) is 0 Å². The van der Waals surface area contributed by atoms with E-state index in [1.54, 1.807) is 12.2 Å². The van der Waals surface area contributed by atoms with Crippen molar-refractivity contribution in [3.63, 3.8) is 0 Å². The third kappa shape index (κ3) is 2.91. The molecule has 0 bridgehead atoms. The standard InChI is InChI=1S/C16H21NO2/c1-12-11-14(12)15-7-5-13(19-15)6-8-16(18)17-9-3-2-4-10-17/h5-8,12,14H,2-4,9-11H2,1H3/b8-6+. The van der Waals surface area contributed by atoms with Gasteiger partial charge >= 0.3 is 0 Å². The molecule has 2 aliphatic rings. The molecule has 102 valence electrons. The van der Waals surface area contributed by atoms with Crippen LogP contribution in [0.15, 0.2) is 22.6 Å². The summed E-state index contributed by atoms with van der Waals surface area (Å²) in [6.07, 6.45) is 8.17. The van der Waals surface area contributed by atoms with Gasteiger partial charge in [-0.05, 0) is 49.8 Å². The van der Waals surface area contributed by atoms with E-state index in [4.69, 9.17) is 4.42 Å². The molecule has 2 unspecified atom stereocenters. The van der Waals surface area contributed by atoms with Crippen molar-refractivity contribution in [3.8, 4) is 0 Å². The number of likely N-dealkylation sites (tertiary alicyclic amines) is 1. The van der Waals surface area contributed by atoms with Gasteiger partial charge in [0.2, 0.25) is 5.91 Å². The summed E-state index contributed by atoms with van der Waals surface area (Å²) in [5, 5.41) is 0. The van der Waals surface area contributed by atoms with Crippen LogP contribution in [0.4, 0.5) is 0 Å². The maximum Gasteiger partial charge on any atom is 0.246 e. The maximum atomic E-state index is 12.0. The third-order valence-corrected chi connectivity index (χ3v) is 4.18. The number of carbonyl (C=O) groups is 1. The van der Waals surface area contributed by atoms with Gasteiger partial charge in [0, 0.05) is 25.1 Å². The van der Waals surface area contributed by atoms with Crippen LogP contribution in [0.1, 0.15) is 50.0 Å². The molecule has 1 aliphatic heterocycles. The largest absolute Gasteiger partial charge is 0.461 e. The van der Waals surface area contributed by atoms with Crippen molar-refractivity contribution in [2.45, 2.75) is 38.5 Å². The zero-order valence-corrected chi connectivity index (χ0v) is 11.5. The van der Waals surface area contributed by atoms with Crippen LogP contribution in [0.25, 0.3) is 6.08 Å². The number of furan rings is 1. The highest BCUT2D eigenvalue weighted by molar-refractivity contribution is 5.91. The molecule has 1 saturated heterocycles. The van der Waals surface area contributed by atoms with Crippen LogP contribution < -0.4 is 0 Å². The Morgan fingerprint density at radius 3 is 2.74 bits per heavy atom. The molecule has 0 spiro atoms. The number of hydrogen-bond donors (Lipinski definition) is 0. The van der Waals surface area contributed by atoms with Crippen LogP contribution in [0.5, 0.6) is 0 Å². The molecule has 0 aromatic carbocycles. The van der Waals surface area contributed by atoms with Gasteiger partial charge in [0.05, 0.1) is 0 Å². The normalized spacial score (nSPS) is 26.9. The molecule has 0 radical (unpaired) electrons. The molecule has 2 atom stereocenters. The first-order valence-electron chi connectivity index (χ1n) is 7.31. The van der Waals surface area contributed by atoms with Gasteiger partial charge in [-0.1, -0.05) is 6.92 Å². The average Bonchev–Trinajstić information content (AvgIpc) is 3.00. The fourth-order valence-corrected chi connectivity index (χ4v) is 2.75. The minimum absolute atomic E-state index is 0.109. The highest BCUT2D eigenvalue weighted by atomic mass is 16.3. The van der Waals surface area contributed by atoms with Crippen molar-refractivity contribution < 1.29 is 9.21 Å². The Labute approximate surface area is 114 Å². The van der Waals surface area contributed by atoms with E-state index in [1.807, 2.05) is 17.0 Å². The summed E-state index contributed by atoms with van der Waals surface area (Å²) in [4.78, 5) is 13.9. The number of amides is 1. The summed E-state index contributed by atoms with van der Waals surface area (Å²) >= 11 is 0. The van der Waals surface area contributed by atoms with Crippen molar-refractivity contribution in [2.24, 2.45) is 5.92 Å². The van der Waals surface area contributed by atoms with E-state index >= 15 is 0 Å². The van der Waals surface area contributed by atoms with Crippen LogP contribution in [-0.2, 0) is 4.79 Å². The Hall–Kier alpha value is -1.51. The quantitative estimate of drug-likeness (QED) is 0.779. The second-order valence-corrected chi connectivity index (χ2v) is 5.78. The topological polar surface area (TPSA) is 33.5 Å². The second kappa shape index (κ2) is 5.24. The Morgan fingerprint density at radius 1 is 1.32 bits per heavy atom. The van der Waals surface area contributed by atoms with E-state index in [-0.39, 0.29) is 5.91 Å². The van der Waals surface area contributed by atoms with E-state index in [0.717, 1.165) is 43.4 Å².